The molecule has 0 saturated heterocycles. The van der Waals surface area contributed by atoms with E-state index in [0.717, 1.165) is 16.5 Å². The zero-order chi connectivity index (χ0) is 16.4. The summed E-state index contributed by atoms with van der Waals surface area (Å²) in [5.41, 5.74) is 1.76. The third kappa shape index (κ3) is 3.38. The monoisotopic (exact) mass is 347 g/mol. The Hall–Kier alpha value is -1.92. The number of fused-ring (bicyclic) bond motifs is 1. The minimum Gasteiger partial charge on any atom is -0.449 e. The van der Waals surface area contributed by atoms with Gasteiger partial charge in [-0.15, -0.1) is 3.77 Å². The van der Waals surface area contributed by atoms with Crippen LogP contribution in [0.1, 0.15) is 12.5 Å². The Morgan fingerprint density at radius 1 is 1.09 bits per heavy atom. The summed E-state index contributed by atoms with van der Waals surface area (Å²) < 4.78 is 34.9. The molecule has 1 unspecified atom stereocenters. The van der Waals surface area contributed by atoms with Crippen molar-refractivity contribution in [2.24, 2.45) is 3.77 Å². The smallest absolute Gasteiger partial charge is 0.288 e. The Morgan fingerprint density at radius 3 is 2.43 bits per heavy atom. The number of hydrogen-bond acceptors (Lipinski definition) is 3. The number of aryl methyl sites for hydroxylation is 1. The van der Waals surface area contributed by atoms with Crippen molar-refractivity contribution in [3.63, 3.8) is 0 Å². The van der Waals surface area contributed by atoms with Gasteiger partial charge in [0.15, 0.2) is 5.09 Å². The highest BCUT2D eigenvalue weighted by molar-refractivity contribution is 8.00. The summed E-state index contributed by atoms with van der Waals surface area (Å²) in [6.45, 7) is 3.82. The third-order valence-electron chi connectivity index (χ3n) is 3.42. The summed E-state index contributed by atoms with van der Waals surface area (Å²) in [5.74, 6) is 0.574. The molecule has 0 radical (unpaired) electrons. The van der Waals surface area contributed by atoms with Crippen LogP contribution in [0, 0.1) is 6.92 Å². The van der Waals surface area contributed by atoms with E-state index in [0.29, 0.717) is 10.8 Å². The zero-order valence-corrected chi connectivity index (χ0v) is 14.5. The predicted molar refractivity (Wildman–Crippen MR) is 93.2 cm³/mol. The summed E-state index contributed by atoms with van der Waals surface area (Å²) >= 11 is 0. The second-order valence-electron chi connectivity index (χ2n) is 5.12. The first-order valence-electron chi connectivity index (χ1n) is 7.24. The van der Waals surface area contributed by atoms with Gasteiger partial charge >= 0.3 is 0 Å². The van der Waals surface area contributed by atoms with Crippen LogP contribution >= 0.6 is 0 Å². The van der Waals surface area contributed by atoms with E-state index in [9.17, 15) is 8.42 Å². The van der Waals surface area contributed by atoms with E-state index >= 15 is 0 Å². The highest BCUT2D eigenvalue weighted by atomic mass is 32.3. The molecule has 0 spiro atoms. The highest BCUT2D eigenvalue weighted by Gasteiger charge is 2.16. The summed E-state index contributed by atoms with van der Waals surface area (Å²) in [6, 6.07) is 16.2. The molecular weight excluding hydrogens is 330 g/mol. The SMILES string of the molecule is CC/S(=N/S(=O)(=O)c1ccc(C)cc1)c1cc2ccccc2o1. The van der Waals surface area contributed by atoms with E-state index in [1.165, 1.54) is 0 Å². The normalized spacial score (nSPS) is 13.5. The van der Waals surface area contributed by atoms with Crippen molar-refractivity contribution < 1.29 is 12.8 Å². The lowest BCUT2D eigenvalue weighted by Crippen LogP contribution is -2.02. The highest BCUT2D eigenvalue weighted by Crippen LogP contribution is 2.24. The molecule has 1 heterocycles. The molecule has 3 aromatic rings. The molecule has 23 heavy (non-hydrogen) atoms. The Kier molecular flexibility index (Phi) is 4.37. The second-order valence-corrected chi connectivity index (χ2v) is 8.85. The first-order chi connectivity index (χ1) is 11.0. The van der Waals surface area contributed by atoms with Crippen LogP contribution in [0.4, 0.5) is 0 Å². The van der Waals surface area contributed by atoms with E-state index < -0.39 is 20.7 Å². The Labute approximate surface area is 138 Å². The maximum atomic E-state index is 12.5. The van der Waals surface area contributed by atoms with Gasteiger partial charge in [0.05, 0.1) is 4.90 Å². The first kappa shape index (κ1) is 16.0. The molecule has 0 fully saturated rings. The average Bonchev–Trinajstić information content (AvgIpc) is 2.97. The molecule has 0 bridgehead atoms. The fraction of sp³-hybridized carbons (Fsp3) is 0.176. The van der Waals surface area contributed by atoms with Gasteiger partial charge < -0.3 is 4.42 Å². The lowest BCUT2D eigenvalue weighted by Gasteiger charge is -2.03. The molecular formula is C17H17NO3S2. The largest absolute Gasteiger partial charge is 0.449 e. The summed E-state index contributed by atoms with van der Waals surface area (Å²) in [5, 5.41) is 1.56. The molecule has 0 aliphatic carbocycles. The molecule has 0 amide bonds. The van der Waals surface area contributed by atoms with Crippen molar-refractivity contribution in [3.05, 3.63) is 60.2 Å². The van der Waals surface area contributed by atoms with E-state index in [1.807, 2.05) is 44.2 Å². The van der Waals surface area contributed by atoms with Crippen LogP contribution in [0.2, 0.25) is 0 Å². The maximum Gasteiger partial charge on any atom is 0.288 e. The number of para-hydroxylation sites is 1. The van der Waals surface area contributed by atoms with Gasteiger partial charge in [-0.2, -0.15) is 8.42 Å². The van der Waals surface area contributed by atoms with Crippen molar-refractivity contribution in [2.45, 2.75) is 23.8 Å². The van der Waals surface area contributed by atoms with Crippen LogP contribution < -0.4 is 0 Å². The molecule has 1 atom stereocenters. The summed E-state index contributed by atoms with van der Waals surface area (Å²) in [7, 11) is -4.53. The minimum atomic E-state index is -3.70. The van der Waals surface area contributed by atoms with Crippen molar-refractivity contribution in [1.29, 1.82) is 0 Å². The van der Waals surface area contributed by atoms with Gasteiger partial charge in [0.1, 0.15) is 5.58 Å². The molecule has 0 saturated carbocycles. The first-order valence-corrected chi connectivity index (χ1v) is 10.0. The van der Waals surface area contributed by atoms with Gasteiger partial charge in [-0.3, -0.25) is 0 Å². The third-order valence-corrected chi connectivity index (χ3v) is 7.00. The van der Waals surface area contributed by atoms with Gasteiger partial charge in [0.25, 0.3) is 10.0 Å². The quantitative estimate of drug-likeness (QED) is 0.706. The van der Waals surface area contributed by atoms with Crippen molar-refractivity contribution in [1.82, 2.24) is 0 Å². The van der Waals surface area contributed by atoms with E-state index in [1.54, 1.807) is 24.3 Å². The fourth-order valence-electron chi connectivity index (χ4n) is 2.18. The topological polar surface area (TPSA) is 59.6 Å². The van der Waals surface area contributed by atoms with Crippen LogP contribution in [0.15, 0.2) is 72.8 Å². The predicted octanol–water partition coefficient (Wildman–Crippen LogP) is 4.31. The fourth-order valence-corrected chi connectivity index (χ4v) is 5.40. The van der Waals surface area contributed by atoms with Crippen LogP contribution in [-0.2, 0) is 20.7 Å². The standard InChI is InChI=1S/C17H17NO3S2/c1-3-22(17-12-14-6-4-5-7-16(14)21-17)18-23(19,20)15-10-8-13(2)9-11-15/h4-12H,3H2,1-2H3. The van der Waals surface area contributed by atoms with Crippen molar-refractivity contribution >= 4 is 31.7 Å². The molecule has 1 aromatic heterocycles. The number of furan rings is 1. The van der Waals surface area contributed by atoms with Gasteiger partial charge in [0.2, 0.25) is 0 Å². The molecule has 2 aromatic carbocycles. The number of benzene rings is 2. The number of nitrogens with zero attached hydrogens (tertiary/aromatic N) is 1. The lowest BCUT2D eigenvalue weighted by molar-refractivity contribution is 0.513. The zero-order valence-electron chi connectivity index (χ0n) is 12.9. The summed E-state index contributed by atoms with van der Waals surface area (Å²) in [4.78, 5) is 0.213. The van der Waals surface area contributed by atoms with Crippen LogP contribution in [0.5, 0.6) is 0 Å². The van der Waals surface area contributed by atoms with Gasteiger partial charge in [-0.05, 0) is 41.9 Å². The maximum absolute atomic E-state index is 12.5. The molecule has 0 aliphatic rings. The lowest BCUT2D eigenvalue weighted by atomic mass is 10.2. The molecule has 6 heteroatoms. The van der Waals surface area contributed by atoms with Crippen molar-refractivity contribution in [3.8, 4) is 0 Å². The van der Waals surface area contributed by atoms with E-state index in [2.05, 4.69) is 3.77 Å². The van der Waals surface area contributed by atoms with E-state index in [4.69, 9.17) is 4.42 Å². The molecule has 0 N–H and O–H groups in total. The van der Waals surface area contributed by atoms with Gasteiger partial charge in [-0.25, -0.2) is 0 Å². The van der Waals surface area contributed by atoms with Crippen molar-refractivity contribution in [2.75, 3.05) is 5.75 Å². The Morgan fingerprint density at radius 2 is 1.78 bits per heavy atom. The second kappa shape index (κ2) is 6.29. The number of rotatable bonds is 4. The average molecular weight is 347 g/mol. The number of hydrogen-bond donors (Lipinski definition) is 0. The van der Waals surface area contributed by atoms with E-state index in [-0.39, 0.29) is 4.90 Å². The van der Waals surface area contributed by atoms with Gasteiger partial charge in [0, 0.05) is 11.1 Å². The summed E-state index contributed by atoms with van der Waals surface area (Å²) in [6.07, 6.45) is 0. The van der Waals surface area contributed by atoms with Gasteiger partial charge in [-0.1, -0.05) is 42.8 Å². The molecule has 4 nitrogen and oxygen atoms in total. The molecule has 0 aliphatic heterocycles. The minimum absolute atomic E-state index is 0.213. The number of sulfonamides is 1. The van der Waals surface area contributed by atoms with Crippen LogP contribution in [0.3, 0.4) is 0 Å². The Bertz CT molecular complexity index is 938. The Balaban J connectivity index is 2.05. The molecule has 120 valence electrons. The van der Waals surface area contributed by atoms with Crippen LogP contribution in [-0.4, -0.2) is 14.2 Å². The van der Waals surface area contributed by atoms with Crippen LogP contribution in [0.25, 0.3) is 11.0 Å². The molecule has 3 rings (SSSR count).